The van der Waals surface area contributed by atoms with Crippen LogP contribution in [0.3, 0.4) is 0 Å². The van der Waals surface area contributed by atoms with E-state index in [1.165, 1.54) is 12.1 Å². The predicted molar refractivity (Wildman–Crippen MR) is 136 cm³/mol. The molecule has 1 amide bonds. The SMILES string of the molecule is O=C(CCc1nc2ccccc2n1-c1ccccc1)Nc1cccc(S(=O)(=O)NC2=NCCC2)c1. The third kappa shape index (κ3) is 5.09. The quantitative estimate of drug-likeness (QED) is 0.410. The van der Waals surface area contributed by atoms with E-state index in [4.69, 9.17) is 4.98 Å². The summed E-state index contributed by atoms with van der Waals surface area (Å²) in [6, 6.07) is 24.0. The van der Waals surface area contributed by atoms with Gasteiger partial charge in [0.1, 0.15) is 11.7 Å². The monoisotopic (exact) mass is 487 g/mol. The number of amidine groups is 1. The maximum Gasteiger partial charge on any atom is 0.262 e. The van der Waals surface area contributed by atoms with Crippen LogP contribution >= 0.6 is 0 Å². The second-order valence-electron chi connectivity index (χ2n) is 8.30. The lowest BCUT2D eigenvalue weighted by Gasteiger charge is -2.11. The van der Waals surface area contributed by atoms with Crippen LogP contribution in [0.5, 0.6) is 0 Å². The first-order valence-corrected chi connectivity index (χ1v) is 13.0. The van der Waals surface area contributed by atoms with Crippen molar-refractivity contribution in [2.24, 2.45) is 4.99 Å². The maximum atomic E-state index is 12.8. The molecule has 8 nitrogen and oxygen atoms in total. The van der Waals surface area contributed by atoms with Crippen LogP contribution in [0, 0.1) is 0 Å². The lowest BCUT2D eigenvalue weighted by Crippen LogP contribution is -2.29. The fourth-order valence-electron chi connectivity index (χ4n) is 4.14. The number of carbonyl (C=O) groups is 1. The van der Waals surface area contributed by atoms with Crippen LogP contribution in [0.4, 0.5) is 5.69 Å². The van der Waals surface area contributed by atoms with Crippen LogP contribution in [0.15, 0.2) is 88.8 Å². The lowest BCUT2D eigenvalue weighted by molar-refractivity contribution is -0.116. The van der Waals surface area contributed by atoms with Crippen molar-refractivity contribution in [3.63, 3.8) is 0 Å². The molecular weight excluding hydrogens is 462 g/mol. The Labute approximate surface area is 203 Å². The van der Waals surface area contributed by atoms with Crippen LogP contribution in [-0.4, -0.2) is 36.3 Å². The van der Waals surface area contributed by atoms with Gasteiger partial charge in [0.25, 0.3) is 10.0 Å². The summed E-state index contributed by atoms with van der Waals surface area (Å²) in [6.07, 6.45) is 2.08. The highest BCUT2D eigenvalue weighted by molar-refractivity contribution is 7.90. The van der Waals surface area contributed by atoms with Gasteiger partial charge in [-0.2, -0.15) is 0 Å². The minimum Gasteiger partial charge on any atom is -0.326 e. The Bertz CT molecular complexity index is 1510. The Morgan fingerprint density at radius 2 is 1.77 bits per heavy atom. The standard InChI is InChI=1S/C26H25N5O3S/c32-26(28-19-8-6-11-21(18-19)35(33,34)30-24-14-7-17-27-24)16-15-25-29-22-12-4-5-13-23(22)31(25)20-9-2-1-3-10-20/h1-6,8-13,18H,7,14-17H2,(H,27,30)(H,28,32). The average molecular weight is 488 g/mol. The number of nitrogens with zero attached hydrogens (tertiary/aromatic N) is 3. The molecule has 0 radical (unpaired) electrons. The lowest BCUT2D eigenvalue weighted by atomic mass is 10.2. The molecule has 1 aromatic heterocycles. The van der Waals surface area contributed by atoms with Crippen molar-refractivity contribution in [2.45, 2.75) is 30.6 Å². The van der Waals surface area contributed by atoms with E-state index in [2.05, 4.69) is 19.6 Å². The molecule has 5 rings (SSSR count). The highest BCUT2D eigenvalue weighted by Crippen LogP contribution is 2.23. The maximum absolute atomic E-state index is 12.8. The molecule has 0 aliphatic carbocycles. The topological polar surface area (TPSA) is 105 Å². The molecule has 3 aromatic carbocycles. The number of imidazole rings is 1. The number of aryl methyl sites for hydroxylation is 1. The number of aromatic nitrogens is 2. The third-order valence-electron chi connectivity index (χ3n) is 5.77. The number of rotatable bonds is 7. The zero-order valence-electron chi connectivity index (χ0n) is 19.0. The molecule has 0 bridgehead atoms. The Morgan fingerprint density at radius 1 is 0.971 bits per heavy atom. The van der Waals surface area contributed by atoms with Crippen LogP contribution in [0.1, 0.15) is 25.1 Å². The molecule has 1 aliphatic heterocycles. The number of fused-ring (bicyclic) bond motifs is 1. The third-order valence-corrected chi connectivity index (χ3v) is 7.15. The number of anilines is 1. The number of nitrogens with one attached hydrogen (secondary N) is 2. The Balaban J connectivity index is 1.30. The van der Waals surface area contributed by atoms with Gasteiger partial charge in [-0.05, 0) is 48.9 Å². The number of hydrogen-bond acceptors (Lipinski definition) is 5. The summed E-state index contributed by atoms with van der Waals surface area (Å²) in [6.45, 7) is 0.631. The van der Waals surface area contributed by atoms with E-state index < -0.39 is 10.0 Å². The van der Waals surface area contributed by atoms with Gasteiger partial charge in [-0.1, -0.05) is 36.4 Å². The van der Waals surface area contributed by atoms with Gasteiger partial charge in [-0.15, -0.1) is 0 Å². The van der Waals surface area contributed by atoms with Crippen LogP contribution in [-0.2, 0) is 21.2 Å². The summed E-state index contributed by atoms with van der Waals surface area (Å²) in [7, 11) is -3.75. The smallest absolute Gasteiger partial charge is 0.262 e. The Kier molecular flexibility index (Phi) is 6.33. The fraction of sp³-hybridized carbons (Fsp3) is 0.192. The van der Waals surface area contributed by atoms with Crippen molar-refractivity contribution >= 4 is 38.5 Å². The van der Waals surface area contributed by atoms with Crippen molar-refractivity contribution in [1.29, 1.82) is 0 Å². The molecule has 178 valence electrons. The van der Waals surface area contributed by atoms with E-state index in [1.54, 1.807) is 12.1 Å². The van der Waals surface area contributed by atoms with Crippen molar-refractivity contribution in [3.8, 4) is 5.69 Å². The second-order valence-corrected chi connectivity index (χ2v) is 9.98. The second kappa shape index (κ2) is 9.71. The predicted octanol–water partition coefficient (Wildman–Crippen LogP) is 4.07. The van der Waals surface area contributed by atoms with E-state index in [0.717, 1.165) is 29.0 Å². The zero-order chi connectivity index (χ0) is 24.3. The normalized spacial score (nSPS) is 13.5. The molecular formula is C26H25N5O3S. The molecule has 0 saturated heterocycles. The number of hydrogen-bond donors (Lipinski definition) is 2. The van der Waals surface area contributed by atoms with Gasteiger partial charge in [-0.25, -0.2) is 13.4 Å². The molecule has 1 aliphatic rings. The highest BCUT2D eigenvalue weighted by Gasteiger charge is 2.19. The van der Waals surface area contributed by atoms with Gasteiger partial charge in [0, 0.05) is 37.2 Å². The van der Waals surface area contributed by atoms with Gasteiger partial charge >= 0.3 is 0 Å². The molecule has 4 aromatic rings. The van der Waals surface area contributed by atoms with E-state index in [9.17, 15) is 13.2 Å². The average Bonchev–Trinajstić information content (AvgIpc) is 3.50. The first-order valence-electron chi connectivity index (χ1n) is 11.5. The number of carbonyl (C=O) groups excluding carboxylic acids is 1. The van der Waals surface area contributed by atoms with Crippen LogP contribution in [0.25, 0.3) is 16.7 Å². The van der Waals surface area contributed by atoms with E-state index in [0.29, 0.717) is 30.9 Å². The molecule has 9 heteroatoms. The molecule has 0 unspecified atom stereocenters. The van der Waals surface area contributed by atoms with Gasteiger partial charge < -0.3 is 5.32 Å². The molecule has 2 heterocycles. The van der Waals surface area contributed by atoms with E-state index in [-0.39, 0.29) is 17.2 Å². The minimum atomic E-state index is -3.75. The number of aliphatic imine (C=N–C) groups is 1. The van der Waals surface area contributed by atoms with Crippen molar-refractivity contribution in [2.75, 3.05) is 11.9 Å². The molecule has 2 N–H and O–H groups in total. The molecule has 0 saturated carbocycles. The number of benzene rings is 3. The summed E-state index contributed by atoms with van der Waals surface area (Å²) in [5.74, 6) is 1.03. The van der Waals surface area contributed by atoms with Gasteiger partial charge in [0.05, 0.1) is 15.9 Å². The van der Waals surface area contributed by atoms with Gasteiger partial charge in [0.15, 0.2) is 0 Å². The first-order chi connectivity index (χ1) is 17.0. The van der Waals surface area contributed by atoms with Crippen molar-refractivity contribution in [1.82, 2.24) is 14.3 Å². The van der Waals surface area contributed by atoms with Crippen LogP contribution in [0.2, 0.25) is 0 Å². The molecule has 35 heavy (non-hydrogen) atoms. The number of sulfonamides is 1. The summed E-state index contributed by atoms with van der Waals surface area (Å²) in [4.78, 5) is 21.7. The Morgan fingerprint density at radius 3 is 2.57 bits per heavy atom. The molecule has 0 spiro atoms. The fourth-order valence-corrected chi connectivity index (χ4v) is 5.27. The van der Waals surface area contributed by atoms with E-state index in [1.807, 2.05) is 54.6 Å². The zero-order valence-corrected chi connectivity index (χ0v) is 19.8. The van der Waals surface area contributed by atoms with Gasteiger partial charge in [-0.3, -0.25) is 19.1 Å². The molecule has 0 atom stereocenters. The minimum absolute atomic E-state index is 0.0794. The highest BCUT2D eigenvalue weighted by atomic mass is 32.2. The number of amides is 1. The summed E-state index contributed by atoms with van der Waals surface area (Å²) in [5.41, 5.74) is 3.24. The summed E-state index contributed by atoms with van der Waals surface area (Å²) in [5, 5.41) is 2.81. The molecule has 0 fully saturated rings. The summed E-state index contributed by atoms with van der Waals surface area (Å²) >= 11 is 0. The van der Waals surface area contributed by atoms with Gasteiger partial charge in [0.2, 0.25) is 5.91 Å². The van der Waals surface area contributed by atoms with Crippen LogP contribution < -0.4 is 10.0 Å². The Hall–Kier alpha value is -3.98. The first kappa shape index (κ1) is 22.8. The largest absolute Gasteiger partial charge is 0.326 e. The number of para-hydroxylation sites is 3. The summed E-state index contributed by atoms with van der Waals surface area (Å²) < 4.78 is 30.0. The van der Waals surface area contributed by atoms with Crippen molar-refractivity contribution in [3.05, 3.63) is 84.7 Å². The van der Waals surface area contributed by atoms with Crippen molar-refractivity contribution < 1.29 is 13.2 Å². The van der Waals surface area contributed by atoms with E-state index >= 15 is 0 Å².